The first kappa shape index (κ1) is 17.1. The zero-order valence-electron chi connectivity index (χ0n) is 13.2. The number of aromatic nitrogens is 1. The van der Waals surface area contributed by atoms with Gasteiger partial charge in [-0.05, 0) is 24.5 Å². The lowest BCUT2D eigenvalue weighted by Crippen LogP contribution is -2.31. The maximum atomic E-state index is 11.3. The van der Waals surface area contributed by atoms with Crippen molar-refractivity contribution in [2.24, 2.45) is 5.92 Å². The Morgan fingerprint density at radius 1 is 1.46 bits per heavy atom. The van der Waals surface area contributed by atoms with Gasteiger partial charge in [-0.2, -0.15) is 5.26 Å². The van der Waals surface area contributed by atoms with E-state index in [9.17, 15) is 25.3 Å². The first-order valence-corrected chi connectivity index (χ1v) is 7.30. The third-order valence-electron chi connectivity index (χ3n) is 3.45. The summed E-state index contributed by atoms with van der Waals surface area (Å²) in [4.78, 5) is 25.9. The first-order valence-electron chi connectivity index (χ1n) is 7.30. The monoisotopic (exact) mass is 328 g/mol. The molecule has 2 N–H and O–H groups in total. The molecule has 0 aliphatic carbocycles. The predicted molar refractivity (Wildman–Crippen MR) is 87.6 cm³/mol. The number of hydrogen-bond acceptors (Lipinski definition) is 6. The van der Waals surface area contributed by atoms with Crippen LogP contribution in [0.5, 0.6) is 0 Å². The molecule has 8 heteroatoms. The summed E-state index contributed by atoms with van der Waals surface area (Å²) < 4.78 is 0. The molecule has 1 heterocycles. The number of pyridine rings is 1. The summed E-state index contributed by atoms with van der Waals surface area (Å²) in [5, 5.41) is 32.6. The zero-order valence-corrected chi connectivity index (χ0v) is 13.2. The minimum Gasteiger partial charge on any atom is -0.480 e. The number of anilines is 1. The van der Waals surface area contributed by atoms with E-state index in [0.29, 0.717) is 17.3 Å². The normalized spacial score (nSPS) is 11.9. The van der Waals surface area contributed by atoms with Crippen LogP contribution in [-0.2, 0) is 4.79 Å². The van der Waals surface area contributed by atoms with Crippen molar-refractivity contribution in [3.63, 3.8) is 0 Å². The quantitative estimate of drug-likeness (QED) is 0.616. The van der Waals surface area contributed by atoms with Gasteiger partial charge in [0.05, 0.1) is 22.1 Å². The molecule has 1 atom stereocenters. The van der Waals surface area contributed by atoms with Gasteiger partial charge in [0.2, 0.25) is 0 Å². The summed E-state index contributed by atoms with van der Waals surface area (Å²) in [5.74, 6) is -0.592. The molecular weight excluding hydrogens is 312 g/mol. The fourth-order valence-corrected chi connectivity index (χ4v) is 2.37. The Morgan fingerprint density at radius 2 is 2.17 bits per heavy atom. The van der Waals surface area contributed by atoms with E-state index < -0.39 is 16.9 Å². The van der Waals surface area contributed by atoms with Crippen LogP contribution in [0.2, 0.25) is 0 Å². The summed E-state index contributed by atoms with van der Waals surface area (Å²) >= 11 is 0. The maximum Gasteiger partial charge on any atom is 0.326 e. The molecule has 2 rings (SSSR count). The summed E-state index contributed by atoms with van der Waals surface area (Å²) in [6.45, 7) is 3.82. The van der Waals surface area contributed by atoms with E-state index >= 15 is 0 Å². The smallest absolute Gasteiger partial charge is 0.326 e. The fourth-order valence-electron chi connectivity index (χ4n) is 2.37. The Bertz CT molecular complexity index is 842. The Morgan fingerprint density at radius 3 is 2.71 bits per heavy atom. The fraction of sp³-hybridized carbons (Fsp3) is 0.312. The number of nitrogens with one attached hydrogen (secondary N) is 1. The third-order valence-corrected chi connectivity index (χ3v) is 3.45. The molecule has 1 aromatic carbocycles. The number of nitro groups is 1. The van der Waals surface area contributed by atoms with Gasteiger partial charge < -0.3 is 10.4 Å². The SMILES string of the molecule is CC(C)C[C@H](Nc1cc(C#N)c2cc([N+](=O)[O-])ccc2n1)C(=O)O. The van der Waals surface area contributed by atoms with Crippen molar-refractivity contribution in [2.45, 2.75) is 26.3 Å². The van der Waals surface area contributed by atoms with Crippen LogP contribution in [0.15, 0.2) is 24.3 Å². The van der Waals surface area contributed by atoms with Crippen molar-refractivity contribution >= 4 is 28.4 Å². The predicted octanol–water partition coefficient (Wildman–Crippen LogP) is 2.93. The van der Waals surface area contributed by atoms with Crippen molar-refractivity contribution in [1.29, 1.82) is 5.26 Å². The van der Waals surface area contributed by atoms with Crippen molar-refractivity contribution in [3.05, 3.63) is 39.9 Å². The highest BCUT2D eigenvalue weighted by atomic mass is 16.6. The average molecular weight is 328 g/mol. The Labute approximate surface area is 137 Å². The summed E-state index contributed by atoms with van der Waals surface area (Å²) in [5.41, 5.74) is 0.445. The number of non-ortho nitro benzene ring substituents is 1. The molecule has 0 saturated carbocycles. The van der Waals surface area contributed by atoms with Crippen molar-refractivity contribution in [1.82, 2.24) is 4.98 Å². The van der Waals surface area contributed by atoms with E-state index in [-0.39, 0.29) is 23.0 Å². The molecule has 0 amide bonds. The van der Waals surface area contributed by atoms with Crippen LogP contribution in [0.25, 0.3) is 10.9 Å². The molecule has 2 aromatic rings. The van der Waals surface area contributed by atoms with Gasteiger partial charge in [0, 0.05) is 17.5 Å². The van der Waals surface area contributed by atoms with E-state index in [4.69, 9.17) is 0 Å². The molecule has 0 radical (unpaired) electrons. The minimum atomic E-state index is -1.01. The Hall–Kier alpha value is -3.21. The van der Waals surface area contributed by atoms with Gasteiger partial charge >= 0.3 is 5.97 Å². The summed E-state index contributed by atoms with van der Waals surface area (Å²) in [6.07, 6.45) is 0.400. The van der Waals surface area contributed by atoms with E-state index in [1.165, 1.54) is 24.3 Å². The Balaban J connectivity index is 2.46. The Kier molecular flexibility index (Phi) is 4.94. The van der Waals surface area contributed by atoms with Crippen molar-refractivity contribution < 1.29 is 14.8 Å². The molecular formula is C16H16N4O4. The number of carboxylic acids is 1. The molecule has 0 fully saturated rings. The van der Waals surface area contributed by atoms with Crippen LogP contribution in [0.4, 0.5) is 11.5 Å². The maximum absolute atomic E-state index is 11.3. The van der Waals surface area contributed by atoms with E-state index in [1.807, 2.05) is 19.9 Å². The van der Waals surface area contributed by atoms with E-state index in [0.717, 1.165) is 0 Å². The molecule has 0 spiro atoms. The van der Waals surface area contributed by atoms with Crippen molar-refractivity contribution in [2.75, 3.05) is 5.32 Å². The van der Waals surface area contributed by atoms with E-state index in [2.05, 4.69) is 10.3 Å². The lowest BCUT2D eigenvalue weighted by molar-refractivity contribution is -0.384. The lowest BCUT2D eigenvalue weighted by Gasteiger charge is -2.17. The third kappa shape index (κ3) is 3.76. The number of nitrogens with zero attached hydrogens (tertiary/aromatic N) is 3. The molecule has 0 aliphatic heterocycles. The van der Waals surface area contributed by atoms with Crippen LogP contribution in [-0.4, -0.2) is 27.0 Å². The van der Waals surface area contributed by atoms with Gasteiger partial charge in [0.25, 0.3) is 5.69 Å². The summed E-state index contributed by atoms with van der Waals surface area (Å²) in [6, 6.07) is 6.56. The highest BCUT2D eigenvalue weighted by Gasteiger charge is 2.20. The van der Waals surface area contributed by atoms with Gasteiger partial charge in [-0.25, -0.2) is 9.78 Å². The number of benzene rings is 1. The molecule has 0 saturated heterocycles. The molecule has 0 unspecified atom stereocenters. The number of nitriles is 1. The average Bonchev–Trinajstić information content (AvgIpc) is 2.52. The lowest BCUT2D eigenvalue weighted by atomic mass is 10.0. The molecule has 0 aliphatic rings. The second kappa shape index (κ2) is 6.91. The number of carbonyl (C=O) groups is 1. The highest BCUT2D eigenvalue weighted by Crippen LogP contribution is 2.25. The topological polar surface area (TPSA) is 129 Å². The second-order valence-corrected chi connectivity index (χ2v) is 5.79. The summed E-state index contributed by atoms with van der Waals surface area (Å²) in [7, 11) is 0. The number of hydrogen-bond donors (Lipinski definition) is 2. The number of rotatable bonds is 6. The van der Waals surface area contributed by atoms with Gasteiger partial charge in [-0.3, -0.25) is 10.1 Å². The largest absolute Gasteiger partial charge is 0.480 e. The molecule has 1 aromatic heterocycles. The van der Waals surface area contributed by atoms with Crippen LogP contribution < -0.4 is 5.32 Å². The van der Waals surface area contributed by atoms with Crippen LogP contribution in [0, 0.1) is 27.4 Å². The number of fused-ring (bicyclic) bond motifs is 1. The molecule has 124 valence electrons. The highest BCUT2D eigenvalue weighted by molar-refractivity contribution is 5.88. The zero-order chi connectivity index (χ0) is 17.9. The van der Waals surface area contributed by atoms with Gasteiger partial charge in [0.15, 0.2) is 0 Å². The standard InChI is InChI=1S/C16H16N4O4/c1-9(2)5-14(16(21)22)19-15-6-10(8-17)12-7-11(20(23)24)3-4-13(12)18-15/h3-4,6-7,9,14H,5H2,1-2H3,(H,18,19)(H,21,22)/t14-/m0/s1. The van der Waals surface area contributed by atoms with Crippen LogP contribution in [0.1, 0.15) is 25.8 Å². The van der Waals surface area contributed by atoms with Crippen LogP contribution in [0.3, 0.4) is 0 Å². The number of aliphatic carboxylic acids is 1. The number of carboxylic acid groups (broad SMARTS) is 1. The van der Waals surface area contributed by atoms with Gasteiger partial charge in [-0.1, -0.05) is 13.8 Å². The molecule has 8 nitrogen and oxygen atoms in total. The second-order valence-electron chi connectivity index (χ2n) is 5.79. The number of nitro benzene ring substituents is 1. The molecule has 24 heavy (non-hydrogen) atoms. The van der Waals surface area contributed by atoms with Crippen LogP contribution >= 0.6 is 0 Å². The van der Waals surface area contributed by atoms with Crippen molar-refractivity contribution in [3.8, 4) is 6.07 Å². The van der Waals surface area contributed by atoms with Gasteiger partial charge in [0.1, 0.15) is 11.9 Å². The molecule has 0 bridgehead atoms. The minimum absolute atomic E-state index is 0.135. The van der Waals surface area contributed by atoms with Gasteiger partial charge in [-0.15, -0.1) is 0 Å². The van der Waals surface area contributed by atoms with E-state index in [1.54, 1.807) is 0 Å². The first-order chi connectivity index (χ1) is 11.3.